The molecule has 2 heterocycles. The Morgan fingerprint density at radius 2 is 2.06 bits per heavy atom. The molecule has 92 valence electrons. The van der Waals surface area contributed by atoms with Gasteiger partial charge in [0, 0.05) is 38.2 Å². The van der Waals surface area contributed by atoms with Gasteiger partial charge in [0.2, 0.25) is 0 Å². The van der Waals surface area contributed by atoms with Gasteiger partial charge in [0.1, 0.15) is 11.8 Å². The fourth-order valence-electron chi connectivity index (χ4n) is 1.89. The lowest BCUT2D eigenvalue weighted by atomic mass is 10.2. The van der Waals surface area contributed by atoms with Crippen LogP contribution in [-0.4, -0.2) is 9.55 Å². The Morgan fingerprint density at radius 1 is 1.33 bits per heavy atom. The first-order valence-electron chi connectivity index (χ1n) is 5.87. The highest BCUT2D eigenvalue weighted by molar-refractivity contribution is 5.34. The van der Waals surface area contributed by atoms with Crippen LogP contribution in [-0.2, 0) is 20.1 Å². The van der Waals surface area contributed by atoms with Crippen molar-refractivity contribution in [3.63, 3.8) is 0 Å². The molecule has 0 atom stereocenters. The molecule has 0 radical (unpaired) electrons. The van der Waals surface area contributed by atoms with E-state index in [0.29, 0.717) is 5.69 Å². The summed E-state index contributed by atoms with van der Waals surface area (Å²) in [7, 11) is 1.92. The summed E-state index contributed by atoms with van der Waals surface area (Å²) < 4.78 is 1.92. The highest BCUT2D eigenvalue weighted by Crippen LogP contribution is 2.13. The molecule has 0 saturated carbocycles. The summed E-state index contributed by atoms with van der Waals surface area (Å²) in [5, 5.41) is 12.3. The third-order valence-corrected chi connectivity index (χ3v) is 3.15. The molecule has 0 aliphatic carbocycles. The SMILES string of the molecule is Cc1c(CNCc2ccncc2)cc(C#N)n1C. The topological polar surface area (TPSA) is 53.6 Å². The molecule has 2 rings (SSSR count). The van der Waals surface area contributed by atoms with E-state index in [1.54, 1.807) is 12.4 Å². The first-order valence-corrected chi connectivity index (χ1v) is 5.87. The Balaban J connectivity index is 1.97. The Bertz CT molecular complexity index is 563. The lowest BCUT2D eigenvalue weighted by molar-refractivity contribution is 0.686. The van der Waals surface area contributed by atoms with Crippen molar-refractivity contribution < 1.29 is 0 Å². The van der Waals surface area contributed by atoms with Gasteiger partial charge < -0.3 is 9.88 Å². The van der Waals surface area contributed by atoms with Crippen LogP contribution < -0.4 is 5.32 Å². The number of nitrogens with zero attached hydrogens (tertiary/aromatic N) is 3. The monoisotopic (exact) mass is 240 g/mol. The van der Waals surface area contributed by atoms with Crippen molar-refractivity contribution in [2.75, 3.05) is 0 Å². The molecule has 0 amide bonds. The molecule has 0 saturated heterocycles. The second kappa shape index (κ2) is 5.48. The lowest BCUT2D eigenvalue weighted by Gasteiger charge is -2.05. The Hall–Kier alpha value is -2.12. The van der Waals surface area contributed by atoms with Crippen molar-refractivity contribution in [2.24, 2.45) is 7.05 Å². The van der Waals surface area contributed by atoms with Crippen molar-refractivity contribution >= 4 is 0 Å². The van der Waals surface area contributed by atoms with Crippen molar-refractivity contribution in [2.45, 2.75) is 20.0 Å². The van der Waals surface area contributed by atoms with E-state index in [1.807, 2.05) is 36.7 Å². The smallest absolute Gasteiger partial charge is 0.120 e. The molecule has 1 N–H and O–H groups in total. The largest absolute Gasteiger partial charge is 0.340 e. The molecule has 0 aliphatic rings. The molecule has 4 heteroatoms. The van der Waals surface area contributed by atoms with E-state index in [9.17, 15) is 0 Å². The molecular formula is C14H16N4. The van der Waals surface area contributed by atoms with Crippen LogP contribution in [0.4, 0.5) is 0 Å². The van der Waals surface area contributed by atoms with Crippen molar-refractivity contribution in [1.29, 1.82) is 5.26 Å². The van der Waals surface area contributed by atoms with E-state index in [-0.39, 0.29) is 0 Å². The Kier molecular flexibility index (Phi) is 3.75. The predicted octanol–water partition coefficient (Wildman–Crippen LogP) is 1.89. The van der Waals surface area contributed by atoms with Gasteiger partial charge in [0.15, 0.2) is 0 Å². The van der Waals surface area contributed by atoms with Gasteiger partial charge in [-0.2, -0.15) is 5.26 Å². The first kappa shape index (κ1) is 12.3. The van der Waals surface area contributed by atoms with Crippen LogP contribution in [0.2, 0.25) is 0 Å². The Morgan fingerprint density at radius 3 is 2.67 bits per heavy atom. The average Bonchev–Trinajstić information content (AvgIpc) is 2.68. The van der Waals surface area contributed by atoms with Crippen molar-refractivity contribution in [3.8, 4) is 6.07 Å². The fourth-order valence-corrected chi connectivity index (χ4v) is 1.89. The van der Waals surface area contributed by atoms with Crippen molar-refractivity contribution in [1.82, 2.24) is 14.9 Å². The molecule has 4 nitrogen and oxygen atoms in total. The summed E-state index contributed by atoms with van der Waals surface area (Å²) in [6.07, 6.45) is 3.58. The fraction of sp³-hybridized carbons (Fsp3) is 0.286. The van der Waals surface area contributed by atoms with Gasteiger partial charge in [-0.3, -0.25) is 4.98 Å². The molecule has 0 aliphatic heterocycles. The van der Waals surface area contributed by atoms with E-state index >= 15 is 0 Å². The molecule has 0 aromatic carbocycles. The maximum atomic E-state index is 8.96. The van der Waals surface area contributed by atoms with E-state index in [0.717, 1.165) is 18.8 Å². The average molecular weight is 240 g/mol. The van der Waals surface area contributed by atoms with Gasteiger partial charge in [-0.15, -0.1) is 0 Å². The number of pyridine rings is 1. The molecule has 0 unspecified atom stereocenters. The standard InChI is InChI=1S/C14H16N4/c1-11-13(7-14(8-15)18(11)2)10-17-9-12-3-5-16-6-4-12/h3-7,17H,9-10H2,1-2H3. The molecule has 18 heavy (non-hydrogen) atoms. The van der Waals surface area contributed by atoms with Crippen molar-refractivity contribution in [3.05, 3.63) is 53.1 Å². The second-order valence-corrected chi connectivity index (χ2v) is 4.27. The van der Waals surface area contributed by atoms with Gasteiger partial charge in [-0.1, -0.05) is 0 Å². The zero-order valence-electron chi connectivity index (χ0n) is 10.6. The predicted molar refractivity (Wildman–Crippen MR) is 69.6 cm³/mol. The summed E-state index contributed by atoms with van der Waals surface area (Å²) in [5.41, 5.74) is 4.21. The number of hydrogen-bond donors (Lipinski definition) is 1. The van der Waals surface area contributed by atoms with Gasteiger partial charge >= 0.3 is 0 Å². The van der Waals surface area contributed by atoms with Crippen LogP contribution in [0.5, 0.6) is 0 Å². The van der Waals surface area contributed by atoms with Gasteiger partial charge in [-0.05, 0) is 36.2 Å². The third-order valence-electron chi connectivity index (χ3n) is 3.15. The normalized spacial score (nSPS) is 10.3. The molecule has 0 fully saturated rings. The van der Waals surface area contributed by atoms with Gasteiger partial charge in [-0.25, -0.2) is 0 Å². The second-order valence-electron chi connectivity index (χ2n) is 4.27. The lowest BCUT2D eigenvalue weighted by Crippen LogP contribution is -2.13. The molecular weight excluding hydrogens is 224 g/mol. The summed E-state index contributed by atoms with van der Waals surface area (Å²) >= 11 is 0. The minimum atomic E-state index is 0.702. The van der Waals surface area contributed by atoms with Crippen LogP contribution in [0.25, 0.3) is 0 Å². The van der Waals surface area contributed by atoms with Crippen LogP contribution >= 0.6 is 0 Å². The maximum absolute atomic E-state index is 8.96. The zero-order valence-corrected chi connectivity index (χ0v) is 10.6. The van der Waals surface area contributed by atoms with Gasteiger partial charge in [0.25, 0.3) is 0 Å². The third kappa shape index (κ3) is 2.58. The zero-order chi connectivity index (χ0) is 13.0. The van der Waals surface area contributed by atoms with E-state index < -0.39 is 0 Å². The molecule has 0 spiro atoms. The van der Waals surface area contributed by atoms with E-state index in [2.05, 4.69) is 16.4 Å². The highest BCUT2D eigenvalue weighted by Gasteiger charge is 2.07. The number of aromatic nitrogens is 2. The molecule has 2 aromatic heterocycles. The summed E-state index contributed by atoms with van der Waals surface area (Å²) in [6.45, 7) is 3.60. The van der Waals surface area contributed by atoms with Crippen LogP contribution in [0, 0.1) is 18.3 Å². The maximum Gasteiger partial charge on any atom is 0.120 e. The number of hydrogen-bond acceptors (Lipinski definition) is 3. The van der Waals surface area contributed by atoms with Gasteiger partial charge in [0.05, 0.1) is 0 Å². The molecule has 2 aromatic rings. The molecule has 0 bridgehead atoms. The van der Waals surface area contributed by atoms with Crippen LogP contribution in [0.1, 0.15) is 22.5 Å². The minimum absolute atomic E-state index is 0.702. The van der Waals surface area contributed by atoms with E-state index in [1.165, 1.54) is 11.1 Å². The highest BCUT2D eigenvalue weighted by atomic mass is 15.0. The quantitative estimate of drug-likeness (QED) is 0.888. The Labute approximate surface area is 107 Å². The number of rotatable bonds is 4. The summed E-state index contributed by atoms with van der Waals surface area (Å²) in [4.78, 5) is 3.98. The number of nitrogens with one attached hydrogen (secondary N) is 1. The van der Waals surface area contributed by atoms with E-state index in [4.69, 9.17) is 5.26 Å². The minimum Gasteiger partial charge on any atom is -0.340 e. The number of nitriles is 1. The first-order chi connectivity index (χ1) is 8.72. The summed E-state index contributed by atoms with van der Waals surface area (Å²) in [5.74, 6) is 0. The van der Waals surface area contributed by atoms with Crippen LogP contribution in [0.3, 0.4) is 0 Å². The van der Waals surface area contributed by atoms with Crippen LogP contribution in [0.15, 0.2) is 30.6 Å². The summed E-state index contributed by atoms with van der Waals surface area (Å²) in [6, 6.07) is 8.11.